The van der Waals surface area contributed by atoms with Crippen molar-refractivity contribution in [2.75, 3.05) is 11.9 Å². The fourth-order valence-corrected chi connectivity index (χ4v) is 2.02. The van der Waals surface area contributed by atoms with Gasteiger partial charge in [-0.3, -0.25) is 0 Å². The molecule has 17 heavy (non-hydrogen) atoms. The van der Waals surface area contributed by atoms with Crippen molar-refractivity contribution in [1.29, 1.82) is 0 Å². The molecule has 0 saturated heterocycles. The first kappa shape index (κ1) is 11.5. The van der Waals surface area contributed by atoms with E-state index in [1.165, 1.54) is 5.56 Å². The van der Waals surface area contributed by atoms with E-state index in [0.717, 1.165) is 35.4 Å². The minimum atomic E-state index is 0.629. The predicted octanol–water partition coefficient (Wildman–Crippen LogP) is 3.22. The number of anilines is 1. The van der Waals surface area contributed by atoms with Crippen LogP contribution in [0.15, 0.2) is 48.7 Å². The summed E-state index contributed by atoms with van der Waals surface area (Å²) in [6, 6.07) is 6.35. The highest BCUT2D eigenvalue weighted by Gasteiger charge is 2.10. The second-order valence-electron chi connectivity index (χ2n) is 4.45. The molecule has 0 amide bonds. The van der Waals surface area contributed by atoms with Crippen molar-refractivity contribution in [1.82, 2.24) is 0 Å². The number of benzene rings is 1. The molecule has 3 N–H and O–H groups in total. The maximum atomic E-state index is 5.77. The summed E-state index contributed by atoms with van der Waals surface area (Å²) in [5.41, 5.74) is 12.0. The Morgan fingerprint density at radius 1 is 1.41 bits per heavy atom. The quantitative estimate of drug-likeness (QED) is 0.771. The molecule has 1 aliphatic rings. The van der Waals surface area contributed by atoms with E-state index in [9.17, 15) is 0 Å². The van der Waals surface area contributed by atoms with Crippen LogP contribution < -0.4 is 11.1 Å². The highest BCUT2D eigenvalue weighted by Crippen LogP contribution is 2.29. The lowest BCUT2D eigenvalue weighted by molar-refractivity contribution is 0.993. The van der Waals surface area contributed by atoms with Crippen LogP contribution in [0.1, 0.15) is 17.5 Å². The van der Waals surface area contributed by atoms with Crippen molar-refractivity contribution < 1.29 is 0 Å². The normalized spacial score (nSPS) is 18.2. The van der Waals surface area contributed by atoms with Crippen LogP contribution in [0.25, 0.3) is 5.57 Å². The molecule has 0 saturated carbocycles. The van der Waals surface area contributed by atoms with Crippen molar-refractivity contribution >= 4 is 11.3 Å². The Hall–Kier alpha value is -1.96. The lowest BCUT2D eigenvalue weighted by Crippen LogP contribution is -2.11. The monoisotopic (exact) mass is 226 g/mol. The fraction of sp³-hybridized carbons (Fsp3) is 0.200. The maximum absolute atomic E-state index is 5.77. The second-order valence-corrected chi connectivity index (χ2v) is 4.45. The zero-order chi connectivity index (χ0) is 12.4. The van der Waals surface area contributed by atoms with Crippen LogP contribution in [0.4, 0.5) is 5.69 Å². The van der Waals surface area contributed by atoms with E-state index in [1.807, 2.05) is 6.08 Å². The minimum absolute atomic E-state index is 0.629. The van der Waals surface area contributed by atoms with Crippen LogP contribution in [0.3, 0.4) is 0 Å². The molecule has 0 radical (unpaired) electrons. The number of hydrogen-bond acceptors (Lipinski definition) is 2. The smallest absolute Gasteiger partial charge is 0.0419 e. The van der Waals surface area contributed by atoms with Gasteiger partial charge in [0.25, 0.3) is 0 Å². The molecule has 1 heterocycles. The van der Waals surface area contributed by atoms with E-state index in [0.29, 0.717) is 5.70 Å². The largest absolute Gasteiger partial charge is 0.399 e. The van der Waals surface area contributed by atoms with Crippen molar-refractivity contribution in [2.45, 2.75) is 13.3 Å². The molecule has 0 spiro atoms. The van der Waals surface area contributed by atoms with E-state index < -0.39 is 0 Å². The molecule has 0 aromatic heterocycles. The third-order valence-electron chi connectivity index (χ3n) is 2.99. The highest BCUT2D eigenvalue weighted by atomic mass is 14.9. The number of hydrogen-bond donors (Lipinski definition) is 2. The van der Waals surface area contributed by atoms with Crippen molar-refractivity contribution in [3.63, 3.8) is 0 Å². The Labute approximate surface area is 103 Å². The number of allylic oxidation sites excluding steroid dienone is 3. The summed E-state index contributed by atoms with van der Waals surface area (Å²) in [6.45, 7) is 10.9. The standard InChI is InChI=1S/C15H18N2/c1-10-4-5-15-14(8-10)11(2)9-13(12(3)16)6-7-17-15/h4-5,8-9,17H,2-3,6-7,16H2,1H3/b13-9+. The number of nitrogens with two attached hydrogens (primary N) is 1. The van der Waals surface area contributed by atoms with Gasteiger partial charge in [0.1, 0.15) is 0 Å². The molecule has 2 heteroatoms. The molecule has 1 aromatic rings. The van der Waals surface area contributed by atoms with E-state index >= 15 is 0 Å². The van der Waals surface area contributed by atoms with Gasteiger partial charge in [-0.15, -0.1) is 0 Å². The first-order chi connectivity index (χ1) is 8.08. The Kier molecular flexibility index (Phi) is 3.05. The van der Waals surface area contributed by atoms with Crippen LogP contribution in [-0.2, 0) is 0 Å². The lowest BCUT2D eigenvalue weighted by Gasteiger charge is -2.18. The summed E-state index contributed by atoms with van der Waals surface area (Å²) in [5, 5.41) is 3.41. The molecule has 0 bridgehead atoms. The predicted molar refractivity (Wildman–Crippen MR) is 74.7 cm³/mol. The Balaban J connectivity index is 2.47. The van der Waals surface area contributed by atoms with E-state index in [4.69, 9.17) is 5.73 Å². The zero-order valence-electron chi connectivity index (χ0n) is 10.2. The van der Waals surface area contributed by atoms with Crippen molar-refractivity contribution in [2.24, 2.45) is 5.73 Å². The van der Waals surface area contributed by atoms with Crippen LogP contribution in [0.2, 0.25) is 0 Å². The maximum Gasteiger partial charge on any atom is 0.0419 e. The summed E-state index contributed by atoms with van der Waals surface area (Å²) in [5.74, 6) is 0. The van der Waals surface area contributed by atoms with Gasteiger partial charge in [0.05, 0.1) is 0 Å². The van der Waals surface area contributed by atoms with Crippen LogP contribution >= 0.6 is 0 Å². The lowest BCUT2D eigenvalue weighted by atomic mass is 9.96. The van der Waals surface area contributed by atoms with Crippen LogP contribution in [0, 0.1) is 6.92 Å². The van der Waals surface area contributed by atoms with Crippen molar-refractivity contribution in [3.8, 4) is 0 Å². The average molecular weight is 226 g/mol. The average Bonchev–Trinajstić information content (AvgIpc) is 2.26. The second kappa shape index (κ2) is 4.50. The van der Waals surface area contributed by atoms with Crippen LogP contribution in [0.5, 0.6) is 0 Å². The molecular weight excluding hydrogens is 208 g/mol. The van der Waals surface area contributed by atoms with Gasteiger partial charge >= 0.3 is 0 Å². The topological polar surface area (TPSA) is 38.0 Å². The van der Waals surface area contributed by atoms with Gasteiger partial charge in [-0.25, -0.2) is 0 Å². The molecule has 1 aromatic carbocycles. The Morgan fingerprint density at radius 2 is 2.18 bits per heavy atom. The van der Waals surface area contributed by atoms with Gasteiger partial charge in [0.2, 0.25) is 0 Å². The van der Waals surface area contributed by atoms with E-state index in [-0.39, 0.29) is 0 Å². The van der Waals surface area contributed by atoms with Gasteiger partial charge in [-0.05, 0) is 42.7 Å². The first-order valence-corrected chi connectivity index (χ1v) is 5.77. The molecule has 0 aliphatic carbocycles. The van der Waals surface area contributed by atoms with Gasteiger partial charge in [-0.1, -0.05) is 24.8 Å². The molecule has 0 fully saturated rings. The number of aryl methyl sites for hydroxylation is 1. The van der Waals surface area contributed by atoms with Gasteiger partial charge < -0.3 is 11.1 Å². The molecule has 1 aliphatic heterocycles. The molecular formula is C15H18N2. The third kappa shape index (κ3) is 2.41. The first-order valence-electron chi connectivity index (χ1n) is 5.77. The zero-order valence-corrected chi connectivity index (χ0v) is 10.2. The van der Waals surface area contributed by atoms with Crippen LogP contribution in [-0.4, -0.2) is 6.54 Å². The van der Waals surface area contributed by atoms with Gasteiger partial charge in [-0.2, -0.15) is 0 Å². The highest BCUT2D eigenvalue weighted by molar-refractivity contribution is 5.82. The number of fused-ring (bicyclic) bond motifs is 1. The van der Waals surface area contributed by atoms with E-state index in [1.54, 1.807) is 0 Å². The van der Waals surface area contributed by atoms with Gasteiger partial charge in [0.15, 0.2) is 0 Å². The molecule has 0 atom stereocenters. The molecule has 0 unspecified atom stereocenters. The SMILES string of the molecule is C=C(N)/C1=C/C(=C)c2cc(C)ccc2NCC1. The summed E-state index contributed by atoms with van der Waals surface area (Å²) < 4.78 is 0. The Bertz CT molecular complexity index is 510. The summed E-state index contributed by atoms with van der Waals surface area (Å²) >= 11 is 0. The third-order valence-corrected chi connectivity index (χ3v) is 2.99. The Morgan fingerprint density at radius 3 is 2.88 bits per heavy atom. The molecule has 2 nitrogen and oxygen atoms in total. The molecule has 88 valence electrons. The summed E-state index contributed by atoms with van der Waals surface area (Å²) in [7, 11) is 0. The summed E-state index contributed by atoms with van der Waals surface area (Å²) in [4.78, 5) is 0. The fourth-order valence-electron chi connectivity index (χ4n) is 2.02. The number of rotatable bonds is 1. The van der Waals surface area contributed by atoms with Crippen molar-refractivity contribution in [3.05, 3.63) is 59.8 Å². The van der Waals surface area contributed by atoms with Gasteiger partial charge in [0, 0.05) is 23.5 Å². The molecule has 2 rings (SSSR count). The van der Waals surface area contributed by atoms with E-state index in [2.05, 4.69) is 43.6 Å². The number of nitrogens with one attached hydrogen (secondary N) is 1. The summed E-state index contributed by atoms with van der Waals surface area (Å²) in [6.07, 6.45) is 2.92. The minimum Gasteiger partial charge on any atom is -0.399 e.